The van der Waals surface area contributed by atoms with Gasteiger partial charge in [0.15, 0.2) is 0 Å². The first kappa shape index (κ1) is 103. The van der Waals surface area contributed by atoms with Crippen LogP contribution in [-0.4, -0.2) is 313 Å². The second-order valence-electron chi connectivity index (χ2n) is 29.3. The molecule has 0 saturated heterocycles. The summed E-state index contributed by atoms with van der Waals surface area (Å²) in [6.07, 6.45) is 6.91. The van der Waals surface area contributed by atoms with Crippen molar-refractivity contribution in [3.8, 4) is 0 Å². The van der Waals surface area contributed by atoms with E-state index in [-0.39, 0.29) is 53.9 Å². The van der Waals surface area contributed by atoms with Crippen molar-refractivity contribution >= 4 is 88.7 Å². The number of hydrogen-bond donors (Lipinski definition) is 15. The van der Waals surface area contributed by atoms with Gasteiger partial charge >= 0.3 is 40.1 Å². The van der Waals surface area contributed by atoms with Gasteiger partial charge in [-0.05, 0) is 60.4 Å². The van der Waals surface area contributed by atoms with Crippen LogP contribution in [0.15, 0.2) is 94.7 Å². The highest BCUT2D eigenvalue weighted by Crippen LogP contribution is 2.06. The number of rotatable bonds is 49. The van der Waals surface area contributed by atoms with E-state index in [1.165, 1.54) is 41.5 Å². The Morgan fingerprint density at radius 2 is 0.562 bits per heavy atom. The molecule has 0 fully saturated rings. The minimum Gasteiger partial charge on any atom is -0.465 e. The number of nitrogens with one attached hydrogen (secondary N) is 13. The lowest BCUT2D eigenvalue weighted by Crippen LogP contribution is -2.51. The maximum atomic E-state index is 14.4. The fourth-order valence-corrected chi connectivity index (χ4v) is 12.1. The van der Waals surface area contributed by atoms with Gasteiger partial charge in [-0.3, -0.25) is 153 Å². The number of ether oxygens (including phenoxy) is 1. The number of carbonyl (C=O) groups is 15. The van der Waals surface area contributed by atoms with Crippen molar-refractivity contribution in [3.05, 3.63) is 196 Å². The van der Waals surface area contributed by atoms with Gasteiger partial charge in [0.25, 0.3) is 33.4 Å². The van der Waals surface area contributed by atoms with E-state index < -0.39 is 312 Å². The minimum atomic E-state index is -1.25. The van der Waals surface area contributed by atoms with E-state index in [1.54, 1.807) is 0 Å². The molecule has 0 aliphatic carbocycles. The summed E-state index contributed by atoms with van der Waals surface area (Å²) in [6, 6.07) is -1.21. The third-order valence-corrected chi connectivity index (χ3v) is 19.2. The summed E-state index contributed by atoms with van der Waals surface area (Å²) in [5.41, 5.74) is -1.04. The average molecular weight is 1830 g/mol. The van der Waals surface area contributed by atoms with Crippen LogP contribution in [0.25, 0.3) is 0 Å². The molecule has 0 radical (unpaired) electrons. The zero-order chi connectivity index (χ0) is 96.5. The summed E-state index contributed by atoms with van der Waals surface area (Å²) in [5, 5.41) is 17.2. The summed E-state index contributed by atoms with van der Waals surface area (Å²) in [6.45, 7) is -8.08. The number of carbonyl (C=O) groups excluding carboxylic acids is 15. The Kier molecular flexibility index (Phi) is 38.9. The molecule has 55 heteroatoms. The van der Waals surface area contributed by atoms with Crippen LogP contribution in [0.3, 0.4) is 0 Å². The minimum absolute atomic E-state index is 0.000969. The molecule has 704 valence electrons. The molecule has 0 aromatic carbocycles. The predicted molar refractivity (Wildman–Crippen MR) is 450 cm³/mol. The van der Waals surface area contributed by atoms with Gasteiger partial charge in [-0.25, -0.2) is 33.6 Å². The molecule has 0 aliphatic heterocycles. The summed E-state index contributed by atoms with van der Waals surface area (Å²) in [7, 11) is 0.902. The predicted octanol–water partition coefficient (Wildman–Crippen LogP) is -14.6. The number of primary amides is 1. The zero-order valence-corrected chi connectivity index (χ0v) is 71.8. The van der Waals surface area contributed by atoms with E-state index in [9.17, 15) is 129 Å². The number of amides is 14. The Labute approximate surface area is 731 Å². The lowest BCUT2D eigenvalue weighted by Gasteiger charge is -2.26. The third kappa shape index (κ3) is 32.3. The first-order valence-corrected chi connectivity index (χ1v) is 39.8. The van der Waals surface area contributed by atoms with Crippen molar-refractivity contribution in [2.75, 3.05) is 131 Å². The molecular formula is C75H101N27O28. The van der Waals surface area contributed by atoms with Crippen LogP contribution in [0, 0.1) is 34.6 Å². The van der Waals surface area contributed by atoms with Gasteiger partial charge < -0.3 is 82.8 Å². The lowest BCUT2D eigenvalue weighted by atomic mass is 10.1. The second kappa shape index (κ2) is 49.1. The monoisotopic (exact) mass is 1830 g/mol. The van der Waals surface area contributed by atoms with Gasteiger partial charge in [0.05, 0.1) is 46.4 Å². The van der Waals surface area contributed by atoms with Gasteiger partial charge in [0.2, 0.25) is 82.7 Å². The van der Waals surface area contributed by atoms with Crippen LogP contribution in [0.5, 0.6) is 0 Å². The number of aromatic amines is 6. The Morgan fingerprint density at radius 1 is 0.338 bits per heavy atom. The molecule has 0 bridgehead atoms. The number of unbranched alkanes of at least 4 members (excludes halogenated alkanes) is 1. The van der Waals surface area contributed by atoms with Crippen LogP contribution >= 0.6 is 0 Å². The Bertz CT molecular complexity index is 6060. The summed E-state index contributed by atoms with van der Waals surface area (Å²) in [4.78, 5) is 372. The van der Waals surface area contributed by atoms with Crippen LogP contribution in [0.4, 0.5) is 0 Å². The molecule has 6 heterocycles. The summed E-state index contributed by atoms with van der Waals surface area (Å²) >= 11 is 0. The van der Waals surface area contributed by atoms with E-state index in [0.29, 0.717) is 23.6 Å². The van der Waals surface area contributed by atoms with Crippen molar-refractivity contribution in [3.63, 3.8) is 0 Å². The molecule has 0 aliphatic rings. The maximum absolute atomic E-state index is 14.4. The number of H-pyrrole nitrogens is 6. The number of hydrogen-bond acceptors (Lipinski definition) is 29. The van der Waals surface area contributed by atoms with Crippen molar-refractivity contribution in [1.82, 2.24) is 124 Å². The highest BCUT2D eigenvalue weighted by atomic mass is 16.5. The normalized spacial score (nSPS) is 11.1. The number of methoxy groups -OCH3 is 1. The SMILES string of the molecule is COC(=O)c1cn(CC(=O)N(CCNC(=O)CN(CCNC(=O)CN(CCNC(=O)CN(CCNC(C)=O)C(=O)Cn2cc(C)c(=O)[nH]c2=O)C(=O)Cn2cc(C)c(=O)[nH]c2=O)C(=O)Cn2cc(C)c(=O)[nH]c2=O)CC(=O)NCCN(CC(=O)NCCN(CC(=O)N[C@@H](CCCCN)C(N)=O)C(=O)Cn2cc(C)c(=O)[nH]c2=O)C(=O)Cn2cc(C)c(=O)[nH]c2=O)c(=O)[nH]c1=O. The molecule has 55 nitrogen and oxygen atoms in total. The smallest absolute Gasteiger partial charge is 0.345 e. The molecule has 6 rings (SSSR count). The van der Waals surface area contributed by atoms with E-state index >= 15 is 0 Å². The molecule has 1 atom stereocenters. The topological polar surface area (TPSA) is 750 Å². The zero-order valence-electron chi connectivity index (χ0n) is 71.8. The molecule has 130 heavy (non-hydrogen) atoms. The van der Waals surface area contributed by atoms with Crippen molar-refractivity contribution < 1.29 is 76.7 Å². The summed E-state index contributed by atoms with van der Waals surface area (Å²) in [5.74, 6) is -14.3. The van der Waals surface area contributed by atoms with Crippen LogP contribution in [0.2, 0.25) is 0 Å². The lowest BCUT2D eigenvalue weighted by molar-refractivity contribution is -0.138. The van der Waals surface area contributed by atoms with Crippen molar-refractivity contribution in [2.45, 2.75) is 106 Å². The number of aryl methyl sites for hydroxylation is 5. The number of nitrogens with zero attached hydrogens (tertiary/aromatic N) is 12. The third-order valence-electron chi connectivity index (χ3n) is 19.2. The molecule has 17 N–H and O–H groups in total. The first-order chi connectivity index (χ1) is 61.3. The molecule has 6 aromatic rings. The van der Waals surface area contributed by atoms with Crippen LogP contribution in [-0.2, 0) is 111 Å². The molecule has 14 amide bonds. The Morgan fingerprint density at radius 3 is 0.785 bits per heavy atom. The van der Waals surface area contributed by atoms with Gasteiger partial charge in [0.1, 0.15) is 50.9 Å². The highest BCUT2D eigenvalue weighted by Gasteiger charge is 2.29. The number of nitrogens with two attached hydrogens (primary N) is 2. The molecule has 0 unspecified atom stereocenters. The van der Waals surface area contributed by atoms with Crippen LogP contribution in [0.1, 0.15) is 64.4 Å². The first-order valence-electron chi connectivity index (χ1n) is 39.8. The van der Waals surface area contributed by atoms with Gasteiger partial charge in [-0.2, -0.15) is 0 Å². The number of esters is 1. The number of aromatic nitrogens is 12. The molecule has 0 spiro atoms. The van der Waals surface area contributed by atoms with E-state index in [4.69, 9.17) is 11.5 Å². The Balaban J connectivity index is 1.21. The van der Waals surface area contributed by atoms with Gasteiger partial charge in [-0.1, -0.05) is 0 Å². The van der Waals surface area contributed by atoms with E-state index in [1.807, 2.05) is 24.9 Å². The standard InChI is InChI=1S/C75H101N27O28/c1-42-24-97(70(124)85-63(42)117)36-56(110)91(18-12-78-47(6)103)30-50(104)79-13-19-92(57(111)37-98-25-43(2)64(118)86-71(98)125)31-51(105)80-14-20-93(58(112)38-99-26-44(3)65(119)87-72(99)126)32-52(106)82-16-22-95(61(115)41-102-29-48(69(123)130-7)68(122)90-75(102)129)34-54(108)81-15-21-94(59(113)39-100-27-45(4)66(120)88-73(100)127)33-53(107)83-17-23-96(35-55(109)84-49(62(77)116)10-8-9-11-76)60(114)40-101-28-46(5)67(121)89-74(101)128/h24-29,49H,8-23,30-41,76H2,1-7H3,(H2,77,116)(H,78,103)(H,79,104)(H,80,105)(H,81,108)(H,82,106)(H,83,107)(H,84,109)(H,85,117,124)(H,86,118,125)(H,87,119,126)(H,88,120,127)(H,89,121,128)(H,90,122,129)/t49-/m0/s1. The second-order valence-corrected chi connectivity index (χ2v) is 29.3. The largest absolute Gasteiger partial charge is 0.465 e. The van der Waals surface area contributed by atoms with Gasteiger partial charge in [-0.15, -0.1) is 0 Å². The fourth-order valence-electron chi connectivity index (χ4n) is 12.1. The van der Waals surface area contributed by atoms with E-state index in [0.717, 1.165) is 90.3 Å². The van der Waals surface area contributed by atoms with Crippen LogP contribution < -0.4 is 116 Å². The Hall–Kier alpha value is -15.9. The molecule has 0 saturated carbocycles. The van der Waals surface area contributed by atoms with E-state index in [2.05, 4.69) is 46.9 Å². The van der Waals surface area contributed by atoms with Gasteiger partial charge in [0, 0.05) is 150 Å². The quantitative estimate of drug-likeness (QED) is 0.0125. The highest BCUT2D eigenvalue weighted by molar-refractivity contribution is 5.92. The maximum Gasteiger partial charge on any atom is 0.345 e. The molecule has 6 aromatic heterocycles. The van der Waals surface area contributed by atoms with Crippen molar-refractivity contribution in [2.24, 2.45) is 11.5 Å². The van der Waals surface area contributed by atoms with Crippen molar-refractivity contribution in [1.29, 1.82) is 0 Å². The fraction of sp³-hybridized carbons (Fsp3) is 0.480. The molecular weight excluding hydrogens is 1730 g/mol. The average Bonchev–Trinajstić information content (AvgIpc) is 0.831. The summed E-state index contributed by atoms with van der Waals surface area (Å²) < 4.78 is 9.28.